The first-order valence-electron chi connectivity index (χ1n) is 9.33. The van der Waals surface area contributed by atoms with Gasteiger partial charge in [-0.2, -0.15) is 0 Å². The molecule has 1 atom stereocenters. The van der Waals surface area contributed by atoms with E-state index in [1.807, 2.05) is 19.1 Å². The topological polar surface area (TPSA) is 44.5 Å². The lowest BCUT2D eigenvalue weighted by Gasteiger charge is -2.19. The van der Waals surface area contributed by atoms with Crippen LogP contribution in [-0.4, -0.2) is 19.8 Å². The summed E-state index contributed by atoms with van der Waals surface area (Å²) in [5.41, 5.74) is 9.88. The van der Waals surface area contributed by atoms with Gasteiger partial charge in [-0.25, -0.2) is 0 Å². The van der Waals surface area contributed by atoms with Crippen molar-refractivity contribution in [1.29, 1.82) is 0 Å². The van der Waals surface area contributed by atoms with Crippen LogP contribution in [0.5, 0.6) is 11.5 Å². The highest BCUT2D eigenvalue weighted by atomic mass is 16.5. The van der Waals surface area contributed by atoms with Crippen molar-refractivity contribution in [3.63, 3.8) is 0 Å². The zero-order valence-corrected chi connectivity index (χ0v) is 15.8. The molecule has 0 aliphatic rings. The van der Waals surface area contributed by atoms with Gasteiger partial charge in [0.05, 0.1) is 13.2 Å². The number of rotatable bonds is 10. The van der Waals surface area contributed by atoms with Crippen LogP contribution < -0.4 is 15.2 Å². The maximum Gasteiger partial charge on any atom is 0.119 e. The van der Waals surface area contributed by atoms with E-state index in [0.29, 0.717) is 19.1 Å². The molecule has 0 amide bonds. The summed E-state index contributed by atoms with van der Waals surface area (Å²) in [6, 6.07) is 14.7. The molecule has 3 heteroatoms. The maximum atomic E-state index is 6.09. The molecule has 0 saturated heterocycles. The predicted octanol–water partition coefficient (Wildman–Crippen LogP) is 4.86. The van der Waals surface area contributed by atoms with Crippen molar-refractivity contribution in [3.8, 4) is 11.5 Å². The van der Waals surface area contributed by atoms with E-state index in [2.05, 4.69) is 44.2 Å². The maximum absolute atomic E-state index is 6.09. The van der Waals surface area contributed by atoms with E-state index >= 15 is 0 Å². The Hall–Kier alpha value is -2.00. The van der Waals surface area contributed by atoms with Crippen LogP contribution in [-0.2, 0) is 6.42 Å². The standard InChI is InChI=1S/C22H31NO2/c1-4-6-12-25-20-9-7-8-18(15-20)14-19(16-23)22-11-10-21(24-5-2)13-17(22)3/h7-11,13,15,19H,4-6,12,14,16,23H2,1-3H3. The zero-order valence-electron chi connectivity index (χ0n) is 15.8. The van der Waals surface area contributed by atoms with Gasteiger partial charge in [0, 0.05) is 5.92 Å². The van der Waals surface area contributed by atoms with Crippen LogP contribution in [0.25, 0.3) is 0 Å². The van der Waals surface area contributed by atoms with Crippen LogP contribution in [0, 0.1) is 6.92 Å². The molecule has 136 valence electrons. The minimum Gasteiger partial charge on any atom is -0.494 e. The van der Waals surface area contributed by atoms with E-state index in [9.17, 15) is 0 Å². The summed E-state index contributed by atoms with van der Waals surface area (Å²) < 4.78 is 11.4. The summed E-state index contributed by atoms with van der Waals surface area (Å²) in [6.07, 6.45) is 3.14. The first-order valence-corrected chi connectivity index (χ1v) is 9.33. The lowest BCUT2D eigenvalue weighted by molar-refractivity contribution is 0.309. The van der Waals surface area contributed by atoms with E-state index in [1.54, 1.807) is 0 Å². The number of hydrogen-bond donors (Lipinski definition) is 1. The highest BCUT2D eigenvalue weighted by Gasteiger charge is 2.14. The summed E-state index contributed by atoms with van der Waals surface area (Å²) in [5, 5.41) is 0. The third-order valence-corrected chi connectivity index (χ3v) is 4.42. The monoisotopic (exact) mass is 341 g/mol. The summed E-state index contributed by atoms with van der Waals surface area (Å²) >= 11 is 0. The Morgan fingerprint density at radius 2 is 1.80 bits per heavy atom. The van der Waals surface area contributed by atoms with Crippen molar-refractivity contribution in [2.24, 2.45) is 5.73 Å². The fourth-order valence-corrected chi connectivity index (χ4v) is 3.06. The van der Waals surface area contributed by atoms with Crippen LogP contribution in [0.4, 0.5) is 0 Å². The average Bonchev–Trinajstić information content (AvgIpc) is 2.61. The number of ether oxygens (including phenoxy) is 2. The molecule has 0 aliphatic heterocycles. The average molecular weight is 341 g/mol. The molecule has 25 heavy (non-hydrogen) atoms. The third-order valence-electron chi connectivity index (χ3n) is 4.42. The van der Waals surface area contributed by atoms with Crippen molar-refractivity contribution in [1.82, 2.24) is 0 Å². The molecule has 2 rings (SSSR count). The van der Waals surface area contributed by atoms with E-state index in [0.717, 1.165) is 37.4 Å². The molecular weight excluding hydrogens is 310 g/mol. The predicted molar refractivity (Wildman–Crippen MR) is 105 cm³/mol. The summed E-state index contributed by atoms with van der Waals surface area (Å²) in [7, 11) is 0. The second-order valence-electron chi connectivity index (χ2n) is 6.44. The molecule has 0 bridgehead atoms. The lowest BCUT2D eigenvalue weighted by atomic mass is 9.89. The molecule has 2 N–H and O–H groups in total. The van der Waals surface area contributed by atoms with Crippen molar-refractivity contribution in [2.75, 3.05) is 19.8 Å². The van der Waals surface area contributed by atoms with E-state index in [4.69, 9.17) is 15.2 Å². The number of aryl methyl sites for hydroxylation is 1. The first-order chi connectivity index (χ1) is 12.2. The molecule has 0 aliphatic carbocycles. The Morgan fingerprint density at radius 3 is 2.48 bits per heavy atom. The number of unbranched alkanes of at least 4 members (excludes halogenated alkanes) is 1. The Kier molecular flexibility index (Phi) is 7.80. The van der Waals surface area contributed by atoms with Crippen molar-refractivity contribution in [2.45, 2.75) is 46.0 Å². The van der Waals surface area contributed by atoms with E-state index in [-0.39, 0.29) is 0 Å². The minimum atomic E-state index is 0.293. The van der Waals surface area contributed by atoms with Crippen LogP contribution >= 0.6 is 0 Å². The highest BCUT2D eigenvalue weighted by molar-refractivity contribution is 5.38. The molecule has 0 saturated carbocycles. The van der Waals surface area contributed by atoms with Crippen molar-refractivity contribution in [3.05, 3.63) is 59.2 Å². The molecule has 2 aromatic rings. The number of hydrogen-bond acceptors (Lipinski definition) is 3. The quantitative estimate of drug-likeness (QED) is 0.628. The zero-order chi connectivity index (χ0) is 18.1. The van der Waals surface area contributed by atoms with Gasteiger partial charge in [-0.1, -0.05) is 31.5 Å². The molecule has 0 spiro atoms. The summed E-state index contributed by atoms with van der Waals surface area (Å²) in [4.78, 5) is 0. The van der Waals surface area contributed by atoms with Gasteiger partial charge in [0.2, 0.25) is 0 Å². The van der Waals surface area contributed by atoms with Crippen molar-refractivity contribution >= 4 is 0 Å². The Labute approximate surface area is 152 Å². The third kappa shape index (κ3) is 5.79. The van der Waals surface area contributed by atoms with Gasteiger partial charge >= 0.3 is 0 Å². The Balaban J connectivity index is 2.10. The Bertz CT molecular complexity index is 654. The van der Waals surface area contributed by atoms with Gasteiger partial charge in [-0.15, -0.1) is 0 Å². The van der Waals surface area contributed by atoms with E-state index < -0.39 is 0 Å². The fraction of sp³-hybridized carbons (Fsp3) is 0.455. The van der Waals surface area contributed by atoms with Gasteiger partial charge in [0.25, 0.3) is 0 Å². The first kappa shape index (κ1) is 19.3. The van der Waals surface area contributed by atoms with Crippen molar-refractivity contribution < 1.29 is 9.47 Å². The van der Waals surface area contributed by atoms with Gasteiger partial charge in [-0.05, 0) is 74.2 Å². The fourth-order valence-electron chi connectivity index (χ4n) is 3.06. The summed E-state index contributed by atoms with van der Waals surface area (Å²) in [5.74, 6) is 2.16. The van der Waals surface area contributed by atoms with Gasteiger partial charge in [0.1, 0.15) is 11.5 Å². The number of benzene rings is 2. The smallest absolute Gasteiger partial charge is 0.119 e. The van der Waals surface area contributed by atoms with Gasteiger partial charge < -0.3 is 15.2 Å². The molecule has 0 radical (unpaired) electrons. The SMILES string of the molecule is CCCCOc1cccc(CC(CN)c2ccc(OCC)cc2C)c1. The normalized spacial score (nSPS) is 12.0. The highest BCUT2D eigenvalue weighted by Crippen LogP contribution is 2.27. The second kappa shape index (κ2) is 10.1. The summed E-state index contributed by atoms with van der Waals surface area (Å²) in [6.45, 7) is 8.38. The minimum absolute atomic E-state index is 0.293. The molecule has 0 heterocycles. The molecule has 3 nitrogen and oxygen atoms in total. The molecule has 0 aromatic heterocycles. The molecule has 0 fully saturated rings. The molecule has 2 aromatic carbocycles. The molecular formula is C22H31NO2. The van der Waals surface area contributed by atoms with Crippen LogP contribution in [0.15, 0.2) is 42.5 Å². The second-order valence-corrected chi connectivity index (χ2v) is 6.44. The number of nitrogens with two attached hydrogens (primary N) is 1. The van der Waals surface area contributed by atoms with Crippen LogP contribution in [0.1, 0.15) is 49.3 Å². The lowest BCUT2D eigenvalue weighted by Crippen LogP contribution is -2.16. The van der Waals surface area contributed by atoms with Crippen LogP contribution in [0.2, 0.25) is 0 Å². The van der Waals surface area contributed by atoms with Crippen LogP contribution in [0.3, 0.4) is 0 Å². The molecule has 1 unspecified atom stereocenters. The largest absolute Gasteiger partial charge is 0.494 e. The Morgan fingerprint density at radius 1 is 1.00 bits per heavy atom. The van der Waals surface area contributed by atoms with E-state index in [1.165, 1.54) is 16.7 Å². The van der Waals surface area contributed by atoms with Gasteiger partial charge in [0.15, 0.2) is 0 Å². The van der Waals surface area contributed by atoms with Gasteiger partial charge in [-0.3, -0.25) is 0 Å².